The first-order valence-electron chi connectivity index (χ1n) is 20.4. The van der Waals surface area contributed by atoms with Gasteiger partial charge in [0, 0.05) is 29.4 Å². The van der Waals surface area contributed by atoms with E-state index in [0.717, 1.165) is 18.2 Å². The van der Waals surface area contributed by atoms with Gasteiger partial charge in [0.1, 0.15) is 84.4 Å². The summed E-state index contributed by atoms with van der Waals surface area (Å²) in [5, 5.41) is 137. The summed E-state index contributed by atoms with van der Waals surface area (Å²) in [5.74, 6) is -3.69. The van der Waals surface area contributed by atoms with E-state index < -0.39 is 135 Å². The Labute approximate surface area is 374 Å². The molecule has 0 aromatic heterocycles. The summed E-state index contributed by atoms with van der Waals surface area (Å²) in [7, 11) is 1.20. The van der Waals surface area contributed by atoms with Crippen LogP contribution in [0.15, 0.2) is 83.6 Å². The smallest absolute Gasteiger partial charge is 0.331 e. The van der Waals surface area contributed by atoms with Crippen molar-refractivity contribution in [2.75, 3.05) is 20.3 Å². The number of carbonyl (C=O) groups is 1. The highest BCUT2D eigenvalue weighted by molar-refractivity contribution is 5.87. The number of benzene rings is 2. The molecule has 4 unspecified atom stereocenters. The molecule has 1 aliphatic carbocycles. The van der Waals surface area contributed by atoms with Crippen LogP contribution in [0.4, 0.5) is 0 Å². The Kier molecular flexibility index (Phi) is 14.8. The van der Waals surface area contributed by atoms with Gasteiger partial charge in [0.2, 0.25) is 18.3 Å². The fourth-order valence-electron chi connectivity index (χ4n) is 7.56. The van der Waals surface area contributed by atoms with Gasteiger partial charge in [-0.25, -0.2) is 4.79 Å². The molecule has 360 valence electrons. The number of aliphatic hydroxyl groups excluding tert-OH is 10. The Morgan fingerprint density at radius 3 is 2.05 bits per heavy atom. The van der Waals surface area contributed by atoms with Gasteiger partial charge in [0.25, 0.3) is 0 Å². The first-order valence-corrected chi connectivity index (χ1v) is 20.4. The SMILES string of the molecule is COc1cc(C2=C(OC3O[C@H](COC4O[C@@H](C)[C@H](OC(=O)/C=C/c5ccc(O)cc5)[C@@H](O)[C@H]4O)[C@@H](O)[C@H](O)[C@H]3O)C=C3C(OC4O[C@H](CO)[C@@H](O)[C@H](O)[C@H]4O)=CC(O)=CC3O2)cc(O)c1O. The van der Waals surface area contributed by atoms with Crippen LogP contribution in [0.2, 0.25) is 0 Å². The van der Waals surface area contributed by atoms with E-state index in [2.05, 4.69) is 0 Å². The number of hydrogen-bond donors (Lipinski definition) is 13. The minimum Gasteiger partial charge on any atom is -0.508 e. The van der Waals surface area contributed by atoms with E-state index in [4.69, 9.17) is 42.6 Å². The molecule has 0 amide bonds. The van der Waals surface area contributed by atoms with E-state index in [0.29, 0.717) is 5.56 Å². The highest BCUT2D eigenvalue weighted by Crippen LogP contribution is 2.44. The second-order valence-corrected chi connectivity index (χ2v) is 15.8. The van der Waals surface area contributed by atoms with Crippen molar-refractivity contribution in [2.45, 2.75) is 105 Å². The molecule has 5 aliphatic rings. The molecule has 0 saturated carbocycles. The van der Waals surface area contributed by atoms with Gasteiger partial charge in [0.05, 0.1) is 26.4 Å². The van der Waals surface area contributed by atoms with Crippen molar-refractivity contribution in [3.63, 3.8) is 0 Å². The maximum Gasteiger partial charge on any atom is 0.331 e. The van der Waals surface area contributed by atoms with Crippen LogP contribution in [-0.4, -0.2) is 191 Å². The summed E-state index contributed by atoms with van der Waals surface area (Å²) in [4.78, 5) is 12.6. The molecule has 3 fully saturated rings. The number of phenolic OH excluding ortho intramolecular Hbond substituents is 3. The van der Waals surface area contributed by atoms with E-state index in [1.807, 2.05) is 0 Å². The second kappa shape index (κ2) is 20.2. The molecule has 2 aromatic carbocycles. The highest BCUT2D eigenvalue weighted by atomic mass is 16.7. The van der Waals surface area contributed by atoms with Crippen molar-refractivity contribution in [3.8, 4) is 23.0 Å². The maximum absolute atomic E-state index is 12.6. The van der Waals surface area contributed by atoms with Crippen molar-refractivity contribution in [3.05, 3.63) is 94.7 Å². The molecule has 4 aliphatic heterocycles. The maximum atomic E-state index is 12.6. The minimum atomic E-state index is -2.00. The lowest BCUT2D eigenvalue weighted by atomic mass is 9.96. The molecule has 0 radical (unpaired) electrons. The number of hydrogen-bond acceptors (Lipinski definition) is 23. The van der Waals surface area contributed by atoms with Crippen molar-refractivity contribution in [1.29, 1.82) is 0 Å². The molecule has 16 atom stereocenters. The second-order valence-electron chi connectivity index (χ2n) is 15.8. The number of aliphatic hydroxyl groups is 10. The monoisotopic (exact) mass is 934 g/mol. The Bertz CT molecular complexity index is 2220. The molecule has 66 heavy (non-hydrogen) atoms. The van der Waals surface area contributed by atoms with Crippen LogP contribution in [-0.2, 0) is 42.7 Å². The lowest BCUT2D eigenvalue weighted by Crippen LogP contribution is -2.61. The van der Waals surface area contributed by atoms with Crippen molar-refractivity contribution >= 4 is 17.8 Å². The van der Waals surface area contributed by atoms with Crippen LogP contribution in [0, 0.1) is 0 Å². The number of ether oxygens (including phenoxy) is 9. The Morgan fingerprint density at radius 1 is 0.742 bits per heavy atom. The predicted octanol–water partition coefficient (Wildman–Crippen LogP) is -2.11. The third kappa shape index (κ3) is 10.1. The number of phenols is 3. The zero-order chi connectivity index (χ0) is 47.7. The minimum absolute atomic E-state index is 0.0227. The highest BCUT2D eigenvalue weighted by Gasteiger charge is 2.50. The molecular weight excluding hydrogens is 884 g/mol. The Hall–Kier alpha value is -5.51. The van der Waals surface area contributed by atoms with E-state index >= 15 is 0 Å². The van der Waals surface area contributed by atoms with Crippen molar-refractivity contribution < 1.29 is 114 Å². The zero-order valence-corrected chi connectivity index (χ0v) is 34.9. The van der Waals surface area contributed by atoms with Crippen molar-refractivity contribution in [2.24, 2.45) is 0 Å². The van der Waals surface area contributed by atoms with Crippen LogP contribution < -0.4 is 4.74 Å². The Balaban J connectivity index is 1.11. The van der Waals surface area contributed by atoms with Gasteiger partial charge in [-0.15, -0.1) is 0 Å². The summed E-state index contributed by atoms with van der Waals surface area (Å²) in [6.07, 6.45) is -20.7. The molecular formula is C43H50O23. The molecule has 7 rings (SSSR count). The van der Waals surface area contributed by atoms with Crippen molar-refractivity contribution in [1.82, 2.24) is 0 Å². The molecule has 2 aromatic rings. The number of methoxy groups -OCH3 is 1. The summed E-state index contributed by atoms with van der Waals surface area (Å²) in [5.41, 5.74) is 0.564. The third-order valence-corrected chi connectivity index (χ3v) is 11.2. The normalized spacial score (nSPS) is 35.8. The number of rotatable bonds is 13. The van der Waals surface area contributed by atoms with E-state index in [-0.39, 0.29) is 39.9 Å². The van der Waals surface area contributed by atoms with Crippen LogP contribution in [0.1, 0.15) is 18.1 Å². The largest absolute Gasteiger partial charge is 0.508 e. The summed E-state index contributed by atoms with van der Waals surface area (Å²) in [6, 6.07) is 8.21. The molecule has 4 heterocycles. The fourth-order valence-corrected chi connectivity index (χ4v) is 7.56. The van der Waals surface area contributed by atoms with Crippen LogP contribution in [0.25, 0.3) is 11.8 Å². The number of aromatic hydroxyl groups is 3. The zero-order valence-electron chi connectivity index (χ0n) is 34.9. The Morgan fingerprint density at radius 2 is 1.38 bits per heavy atom. The summed E-state index contributed by atoms with van der Waals surface area (Å²) in [6.45, 7) is -0.0192. The van der Waals surface area contributed by atoms with Gasteiger partial charge in [-0.2, -0.15) is 0 Å². The lowest BCUT2D eigenvalue weighted by Gasteiger charge is -2.43. The lowest BCUT2D eigenvalue weighted by molar-refractivity contribution is -0.323. The molecule has 0 bridgehead atoms. The van der Waals surface area contributed by atoms with Gasteiger partial charge in [-0.05, 0) is 48.9 Å². The molecule has 23 heteroatoms. The third-order valence-electron chi connectivity index (χ3n) is 11.2. The van der Waals surface area contributed by atoms with E-state index in [1.54, 1.807) is 12.1 Å². The van der Waals surface area contributed by atoms with Gasteiger partial charge in [-0.1, -0.05) is 12.1 Å². The quantitative estimate of drug-likeness (QED) is 0.0581. The first-order chi connectivity index (χ1) is 31.4. The topological polar surface area (TPSA) is 363 Å². The average molecular weight is 935 g/mol. The standard InChI is InChI=1S/C43H50O23/c1-16-39(66-29(48)8-5-17-3-6-19(45)7-4-17)35(54)38(57)41(60-16)59-15-28-32(51)34(53)37(56)43(65-28)63-26-13-21-23(61-40(26)18-9-22(47)30(49)25(10-18)58-2)11-20(46)12-24(21)62-42-36(55)33(52)31(50)27(14-44)64-42/h3-13,16,23,27-28,31-39,41-47,49-57H,14-15H2,1-2H3/b8-5+/t16-,23?,27+,28+,31+,32+,33-,34-,35-,36+,37+,38+,39-,41?,42?,43?/m0/s1. The average Bonchev–Trinajstić information content (AvgIpc) is 3.29. The van der Waals surface area contributed by atoms with Gasteiger partial charge < -0.3 is 109 Å². The summed E-state index contributed by atoms with van der Waals surface area (Å²) < 4.78 is 51.5. The van der Waals surface area contributed by atoms with Gasteiger partial charge >= 0.3 is 5.97 Å². The fraction of sp³-hybridized carbons (Fsp3) is 0.465. The van der Waals surface area contributed by atoms with Crippen LogP contribution in [0.3, 0.4) is 0 Å². The number of allylic oxidation sites excluding steroid dienone is 2. The molecule has 23 nitrogen and oxygen atoms in total. The first kappa shape index (κ1) is 48.4. The molecule has 3 saturated heterocycles. The van der Waals surface area contributed by atoms with Crippen LogP contribution >= 0.6 is 0 Å². The number of fused-ring (bicyclic) bond motifs is 1. The number of esters is 1. The van der Waals surface area contributed by atoms with Gasteiger partial charge in [-0.3, -0.25) is 0 Å². The van der Waals surface area contributed by atoms with Gasteiger partial charge in [0.15, 0.2) is 35.4 Å². The van der Waals surface area contributed by atoms with Crippen LogP contribution in [0.5, 0.6) is 23.0 Å². The summed E-state index contributed by atoms with van der Waals surface area (Å²) >= 11 is 0. The molecule has 0 spiro atoms. The predicted molar refractivity (Wildman–Crippen MR) is 217 cm³/mol. The van der Waals surface area contributed by atoms with E-state index in [1.165, 1.54) is 50.5 Å². The number of carbonyl (C=O) groups excluding carboxylic acids is 1. The molecule has 13 N–H and O–H groups in total. The van der Waals surface area contributed by atoms with E-state index in [9.17, 15) is 71.2 Å².